The summed E-state index contributed by atoms with van der Waals surface area (Å²) >= 11 is 0. The topological polar surface area (TPSA) is 91.2 Å². The highest BCUT2D eigenvalue weighted by Crippen LogP contribution is 2.44. The number of ketones is 1. The van der Waals surface area contributed by atoms with E-state index in [4.69, 9.17) is 4.52 Å². The number of Topliss-reactive ketones (excluding diaryl/α,β-unsaturated/α-hetero) is 1. The fraction of sp³-hybridized carbons (Fsp3) is 0.474. The van der Waals surface area contributed by atoms with Crippen LogP contribution >= 0.6 is 0 Å². The predicted molar refractivity (Wildman–Crippen MR) is 99.8 cm³/mol. The zero-order valence-corrected chi connectivity index (χ0v) is 15.3. The second-order valence-electron chi connectivity index (χ2n) is 7.61. The maximum absolute atomic E-state index is 12.6. The van der Waals surface area contributed by atoms with Crippen LogP contribution in [0.1, 0.15) is 35.5 Å². The van der Waals surface area contributed by atoms with Crippen molar-refractivity contribution in [3.63, 3.8) is 0 Å². The number of nitrogens with one attached hydrogen (secondary N) is 1. The number of rotatable bonds is 4. The van der Waals surface area contributed by atoms with Gasteiger partial charge in [0.15, 0.2) is 0 Å². The minimum atomic E-state index is 0.00499. The van der Waals surface area contributed by atoms with Crippen molar-refractivity contribution in [3.05, 3.63) is 36.1 Å². The molecule has 2 fully saturated rings. The van der Waals surface area contributed by atoms with Crippen molar-refractivity contribution in [3.8, 4) is 0 Å². The van der Waals surface area contributed by atoms with Crippen LogP contribution in [0.15, 0.2) is 29.2 Å². The van der Waals surface area contributed by atoms with Crippen LogP contribution in [-0.4, -0.2) is 62.5 Å². The Morgan fingerprint density at radius 1 is 1.33 bits per heavy atom. The summed E-state index contributed by atoms with van der Waals surface area (Å²) in [6, 6.07) is 3.75. The highest BCUT2D eigenvalue weighted by molar-refractivity contribution is 5.95. The third-order valence-electron chi connectivity index (χ3n) is 5.71. The molecule has 0 bridgehead atoms. The summed E-state index contributed by atoms with van der Waals surface area (Å²) in [5.74, 6) is 1.34. The maximum Gasteiger partial charge on any atom is 0.214 e. The van der Waals surface area contributed by atoms with E-state index in [2.05, 4.69) is 29.9 Å². The lowest BCUT2D eigenvalue weighted by Gasteiger charge is -2.31. The predicted octanol–water partition coefficient (Wildman–Crippen LogP) is 2.18. The molecule has 0 radical (unpaired) electrons. The summed E-state index contributed by atoms with van der Waals surface area (Å²) in [6.45, 7) is 4.91. The molecule has 2 aliphatic rings. The highest BCUT2D eigenvalue weighted by Gasteiger charge is 2.50. The smallest absolute Gasteiger partial charge is 0.214 e. The number of hydrogen-bond donors (Lipinski definition) is 1. The number of aromatic nitrogens is 4. The molecule has 8 nitrogen and oxygen atoms in total. The minimum Gasteiger partial charge on any atom is -0.354 e. The first kappa shape index (κ1) is 16.4. The summed E-state index contributed by atoms with van der Waals surface area (Å²) in [5.41, 5.74) is 1.65. The quantitative estimate of drug-likeness (QED) is 0.708. The Balaban J connectivity index is 1.38. The van der Waals surface area contributed by atoms with Gasteiger partial charge in [-0.3, -0.25) is 9.69 Å². The van der Waals surface area contributed by atoms with Gasteiger partial charge in [-0.2, -0.15) is 0 Å². The fourth-order valence-corrected chi connectivity index (χ4v) is 4.13. The van der Waals surface area contributed by atoms with Crippen LogP contribution < -0.4 is 4.90 Å². The van der Waals surface area contributed by atoms with Crippen LogP contribution in [-0.2, 0) is 0 Å². The second kappa shape index (κ2) is 6.16. The molecule has 1 aliphatic carbocycles. The van der Waals surface area contributed by atoms with Crippen molar-refractivity contribution in [1.29, 1.82) is 0 Å². The number of aryl methyl sites for hydroxylation is 1. The van der Waals surface area contributed by atoms with Crippen molar-refractivity contribution in [2.45, 2.75) is 31.7 Å². The van der Waals surface area contributed by atoms with Crippen molar-refractivity contribution < 1.29 is 9.32 Å². The number of anilines is 1. The van der Waals surface area contributed by atoms with Gasteiger partial charge >= 0.3 is 0 Å². The van der Waals surface area contributed by atoms with Gasteiger partial charge in [0.1, 0.15) is 17.8 Å². The normalized spacial score (nSPS) is 19.5. The molecule has 3 aromatic rings. The number of H-pyrrole nitrogens is 1. The number of nitrogens with zero attached hydrogens (tertiary/aromatic N) is 5. The summed E-state index contributed by atoms with van der Waals surface area (Å²) in [4.78, 5) is 29.3. The van der Waals surface area contributed by atoms with Crippen LogP contribution in [0.4, 0.5) is 5.82 Å². The monoisotopic (exact) mass is 366 g/mol. The zero-order valence-electron chi connectivity index (χ0n) is 15.3. The Morgan fingerprint density at radius 3 is 3.00 bits per heavy atom. The van der Waals surface area contributed by atoms with Gasteiger partial charge in [-0.05, 0) is 32.3 Å². The fourth-order valence-electron chi connectivity index (χ4n) is 4.13. The molecule has 140 valence electrons. The molecule has 1 saturated carbocycles. The van der Waals surface area contributed by atoms with E-state index >= 15 is 0 Å². The first-order chi connectivity index (χ1) is 13.1. The van der Waals surface area contributed by atoms with E-state index in [1.54, 1.807) is 12.4 Å². The zero-order chi connectivity index (χ0) is 18.4. The molecular weight excluding hydrogens is 344 g/mol. The minimum absolute atomic E-state index is 0.00499. The lowest BCUT2D eigenvalue weighted by Crippen LogP contribution is -2.45. The molecule has 0 unspecified atom stereocenters. The first-order valence-electron chi connectivity index (χ1n) is 9.39. The van der Waals surface area contributed by atoms with Gasteiger partial charge in [-0.15, -0.1) is 0 Å². The maximum atomic E-state index is 12.6. The van der Waals surface area contributed by atoms with Crippen molar-refractivity contribution in [2.24, 2.45) is 0 Å². The van der Waals surface area contributed by atoms with Crippen LogP contribution in [0.25, 0.3) is 11.0 Å². The first-order valence-corrected chi connectivity index (χ1v) is 9.39. The lowest BCUT2D eigenvalue weighted by atomic mass is 10.1. The summed E-state index contributed by atoms with van der Waals surface area (Å²) in [5, 5.41) is 4.89. The Kier molecular flexibility index (Phi) is 3.75. The molecule has 1 aliphatic heterocycles. The Hall–Kier alpha value is -2.74. The largest absolute Gasteiger partial charge is 0.354 e. The lowest BCUT2D eigenvalue weighted by molar-refractivity contribution is 0.0848. The van der Waals surface area contributed by atoms with E-state index in [1.165, 1.54) is 0 Å². The average Bonchev–Trinajstić information content (AvgIpc) is 3.11. The Bertz CT molecular complexity index is 989. The van der Waals surface area contributed by atoms with Crippen molar-refractivity contribution in [2.75, 3.05) is 31.1 Å². The summed E-state index contributed by atoms with van der Waals surface area (Å²) in [6.07, 6.45) is 6.71. The summed E-state index contributed by atoms with van der Waals surface area (Å²) < 4.78 is 5.16. The van der Waals surface area contributed by atoms with Gasteiger partial charge in [0.05, 0.1) is 17.6 Å². The molecule has 0 aromatic carbocycles. The average molecular weight is 366 g/mol. The SMILES string of the molecule is Cc1cc(C(=O)CN2CCCN(c3ncnc4[nH]ccc34)CC23CC3)on1. The third kappa shape index (κ3) is 2.90. The molecule has 0 atom stereocenters. The molecule has 1 spiro atoms. The number of carbonyl (C=O) groups excluding carboxylic acids is 1. The van der Waals surface area contributed by atoms with Gasteiger partial charge in [-0.25, -0.2) is 9.97 Å². The molecule has 1 saturated heterocycles. The molecule has 8 heteroatoms. The van der Waals surface area contributed by atoms with Gasteiger partial charge in [0, 0.05) is 37.4 Å². The van der Waals surface area contributed by atoms with Crippen LogP contribution in [0.5, 0.6) is 0 Å². The molecule has 4 heterocycles. The van der Waals surface area contributed by atoms with E-state index in [9.17, 15) is 4.79 Å². The number of hydrogen-bond acceptors (Lipinski definition) is 7. The molecule has 3 aromatic heterocycles. The van der Waals surface area contributed by atoms with Crippen LogP contribution in [0.2, 0.25) is 0 Å². The van der Waals surface area contributed by atoms with Crippen molar-refractivity contribution >= 4 is 22.6 Å². The standard InChI is InChI=1S/C19H22N6O2/c1-13-9-16(27-23-13)15(26)10-25-8-2-7-24(11-19(25)4-5-19)18-14-3-6-20-17(14)21-12-22-18/h3,6,9,12H,2,4-5,7-8,10-11H2,1H3,(H,20,21,22). The number of fused-ring (bicyclic) bond motifs is 1. The number of carbonyl (C=O) groups is 1. The van der Waals surface area contributed by atoms with Gasteiger partial charge in [0.2, 0.25) is 11.5 Å². The van der Waals surface area contributed by atoms with E-state index in [0.29, 0.717) is 12.3 Å². The molecule has 5 rings (SSSR count). The Morgan fingerprint density at radius 2 is 2.22 bits per heavy atom. The highest BCUT2D eigenvalue weighted by atomic mass is 16.5. The van der Waals surface area contributed by atoms with Crippen molar-refractivity contribution in [1.82, 2.24) is 25.0 Å². The summed E-state index contributed by atoms with van der Waals surface area (Å²) in [7, 11) is 0. The Labute approximate surface area is 156 Å². The molecule has 0 amide bonds. The van der Waals surface area contributed by atoms with E-state index in [0.717, 1.165) is 61.4 Å². The van der Waals surface area contributed by atoms with E-state index < -0.39 is 0 Å². The van der Waals surface area contributed by atoms with Gasteiger partial charge in [-0.1, -0.05) is 5.16 Å². The second-order valence-corrected chi connectivity index (χ2v) is 7.61. The van der Waals surface area contributed by atoms with Crippen LogP contribution in [0, 0.1) is 6.92 Å². The molecule has 27 heavy (non-hydrogen) atoms. The van der Waals surface area contributed by atoms with Gasteiger partial charge in [0.25, 0.3) is 0 Å². The van der Waals surface area contributed by atoms with E-state index in [1.807, 2.05) is 19.2 Å². The molecule has 1 N–H and O–H groups in total. The molecular formula is C19H22N6O2. The van der Waals surface area contributed by atoms with Crippen LogP contribution in [0.3, 0.4) is 0 Å². The van der Waals surface area contributed by atoms with E-state index in [-0.39, 0.29) is 11.3 Å². The van der Waals surface area contributed by atoms with Gasteiger partial charge < -0.3 is 14.4 Å². The third-order valence-corrected chi connectivity index (χ3v) is 5.71. The number of aromatic amines is 1.